The molecule has 28 heavy (non-hydrogen) atoms. The van der Waals surface area contributed by atoms with Crippen molar-refractivity contribution in [3.8, 4) is 11.5 Å². The molecule has 3 heterocycles. The molecule has 1 aromatic carbocycles. The van der Waals surface area contributed by atoms with Crippen LogP contribution < -0.4 is 5.56 Å². The van der Waals surface area contributed by atoms with Crippen molar-refractivity contribution in [3.63, 3.8) is 0 Å². The summed E-state index contributed by atoms with van der Waals surface area (Å²) in [6.45, 7) is 5.38. The highest BCUT2D eigenvalue weighted by atomic mass is 16.1. The Hall–Kier alpha value is -2.79. The van der Waals surface area contributed by atoms with E-state index in [0.717, 1.165) is 38.2 Å². The second-order valence-corrected chi connectivity index (χ2v) is 7.62. The Labute approximate surface area is 165 Å². The van der Waals surface area contributed by atoms with Crippen LogP contribution in [0.4, 0.5) is 0 Å². The van der Waals surface area contributed by atoms with Gasteiger partial charge in [-0.15, -0.1) is 0 Å². The molecule has 0 amide bonds. The number of hydrogen-bond acceptors (Lipinski definition) is 4. The van der Waals surface area contributed by atoms with E-state index in [1.165, 1.54) is 5.56 Å². The molecule has 2 atom stereocenters. The number of aromatic nitrogens is 3. The number of nitrogens with zero attached hydrogens (tertiary/aromatic N) is 3. The summed E-state index contributed by atoms with van der Waals surface area (Å²) in [5.74, 6) is 1.41. The smallest absolute Gasteiger partial charge is 0.251 e. The highest BCUT2D eigenvalue weighted by Gasteiger charge is 2.26. The SMILES string of the molecule is C[C@@H](CCN1CC[C@H](c2cc(=O)[nH]c(-c3ccccn3)n2)C1)c1ccccc1. The second-order valence-electron chi connectivity index (χ2n) is 7.62. The Morgan fingerprint density at radius 2 is 2.00 bits per heavy atom. The fourth-order valence-corrected chi connectivity index (χ4v) is 3.91. The molecule has 1 aliphatic rings. The fourth-order valence-electron chi connectivity index (χ4n) is 3.91. The molecule has 0 bridgehead atoms. The average Bonchev–Trinajstić information content (AvgIpc) is 3.22. The quantitative estimate of drug-likeness (QED) is 0.713. The van der Waals surface area contributed by atoms with E-state index in [1.54, 1.807) is 12.3 Å². The normalized spacial score (nSPS) is 18.2. The van der Waals surface area contributed by atoms with Gasteiger partial charge in [-0.25, -0.2) is 4.98 Å². The maximum atomic E-state index is 12.2. The van der Waals surface area contributed by atoms with Gasteiger partial charge in [-0.3, -0.25) is 9.78 Å². The molecule has 5 nitrogen and oxygen atoms in total. The number of rotatable bonds is 6. The lowest BCUT2D eigenvalue weighted by Crippen LogP contribution is -2.23. The largest absolute Gasteiger partial charge is 0.305 e. The summed E-state index contributed by atoms with van der Waals surface area (Å²) in [6, 6.07) is 18.0. The van der Waals surface area contributed by atoms with Crippen LogP contribution in [0.1, 0.15) is 42.9 Å². The van der Waals surface area contributed by atoms with Crippen molar-refractivity contribution in [3.05, 3.63) is 82.4 Å². The first-order valence-corrected chi connectivity index (χ1v) is 9.99. The number of pyridine rings is 1. The molecule has 0 radical (unpaired) electrons. The molecule has 1 aliphatic heterocycles. The van der Waals surface area contributed by atoms with E-state index in [-0.39, 0.29) is 5.56 Å². The van der Waals surface area contributed by atoms with Crippen LogP contribution in [0.15, 0.2) is 65.6 Å². The van der Waals surface area contributed by atoms with Crippen LogP contribution >= 0.6 is 0 Å². The highest BCUT2D eigenvalue weighted by molar-refractivity contribution is 5.48. The van der Waals surface area contributed by atoms with Crippen LogP contribution in [0, 0.1) is 0 Å². The third-order valence-electron chi connectivity index (χ3n) is 5.61. The number of H-pyrrole nitrogens is 1. The molecular weight excluding hydrogens is 348 g/mol. The summed E-state index contributed by atoms with van der Waals surface area (Å²) < 4.78 is 0. The van der Waals surface area contributed by atoms with E-state index in [1.807, 2.05) is 18.2 Å². The zero-order valence-corrected chi connectivity index (χ0v) is 16.2. The van der Waals surface area contributed by atoms with Gasteiger partial charge in [0.2, 0.25) is 0 Å². The van der Waals surface area contributed by atoms with Crippen LogP contribution in [0.25, 0.3) is 11.5 Å². The van der Waals surface area contributed by atoms with E-state index in [2.05, 4.69) is 52.1 Å². The predicted octanol–water partition coefficient (Wildman–Crippen LogP) is 3.82. The van der Waals surface area contributed by atoms with Gasteiger partial charge in [-0.2, -0.15) is 0 Å². The van der Waals surface area contributed by atoms with Gasteiger partial charge >= 0.3 is 0 Å². The van der Waals surface area contributed by atoms with Crippen LogP contribution in [0.3, 0.4) is 0 Å². The Morgan fingerprint density at radius 1 is 1.18 bits per heavy atom. The maximum Gasteiger partial charge on any atom is 0.251 e. The summed E-state index contributed by atoms with van der Waals surface area (Å²) >= 11 is 0. The molecule has 144 valence electrons. The highest BCUT2D eigenvalue weighted by Crippen LogP contribution is 2.27. The molecular formula is C23H26N4O. The molecule has 2 aromatic heterocycles. The van der Waals surface area contributed by atoms with E-state index in [9.17, 15) is 4.79 Å². The predicted molar refractivity (Wildman–Crippen MR) is 111 cm³/mol. The lowest BCUT2D eigenvalue weighted by molar-refractivity contribution is 0.320. The van der Waals surface area contributed by atoms with Crippen molar-refractivity contribution in [2.75, 3.05) is 19.6 Å². The third-order valence-corrected chi connectivity index (χ3v) is 5.61. The minimum atomic E-state index is -0.109. The number of nitrogens with one attached hydrogen (secondary N) is 1. The van der Waals surface area contributed by atoms with E-state index >= 15 is 0 Å². The molecule has 3 aromatic rings. The average molecular weight is 374 g/mol. The fraction of sp³-hybridized carbons (Fsp3) is 0.348. The van der Waals surface area contributed by atoms with Gasteiger partial charge in [0, 0.05) is 24.7 Å². The maximum absolute atomic E-state index is 12.2. The zero-order valence-electron chi connectivity index (χ0n) is 16.2. The molecule has 0 saturated carbocycles. The van der Waals surface area contributed by atoms with Gasteiger partial charge in [-0.05, 0) is 49.5 Å². The van der Waals surface area contributed by atoms with Crippen LogP contribution in [0.5, 0.6) is 0 Å². The minimum absolute atomic E-state index is 0.109. The van der Waals surface area contributed by atoms with Gasteiger partial charge in [0.15, 0.2) is 5.82 Å². The first kappa shape index (κ1) is 18.6. The Morgan fingerprint density at radius 3 is 2.79 bits per heavy atom. The number of hydrogen-bond donors (Lipinski definition) is 1. The van der Waals surface area contributed by atoms with Gasteiger partial charge in [0.1, 0.15) is 5.69 Å². The van der Waals surface area contributed by atoms with Crippen molar-refractivity contribution in [2.45, 2.75) is 31.6 Å². The summed E-state index contributed by atoms with van der Waals surface area (Å²) in [5.41, 5.74) is 2.87. The molecule has 0 spiro atoms. The van der Waals surface area contributed by atoms with E-state index in [4.69, 9.17) is 4.98 Å². The monoisotopic (exact) mass is 374 g/mol. The van der Waals surface area contributed by atoms with Crippen LogP contribution in [-0.2, 0) is 0 Å². The molecule has 0 aliphatic carbocycles. The molecule has 1 N–H and O–H groups in total. The van der Waals surface area contributed by atoms with Crippen molar-refractivity contribution in [1.82, 2.24) is 19.9 Å². The molecule has 1 fully saturated rings. The van der Waals surface area contributed by atoms with Gasteiger partial charge in [0.05, 0.1) is 5.69 Å². The standard InChI is InChI=1S/C23H26N4O/c1-17(18-7-3-2-4-8-18)10-13-27-14-11-19(16-27)21-15-22(28)26-23(25-21)20-9-5-6-12-24-20/h2-9,12,15,17,19H,10-11,13-14,16H2,1H3,(H,25,26,28)/t17-,19-/m0/s1. The van der Waals surface area contributed by atoms with Crippen molar-refractivity contribution >= 4 is 0 Å². The van der Waals surface area contributed by atoms with E-state index < -0.39 is 0 Å². The Bertz CT molecular complexity index is 955. The molecule has 5 heteroatoms. The summed E-state index contributed by atoms with van der Waals surface area (Å²) in [4.78, 5) is 26.5. The summed E-state index contributed by atoms with van der Waals surface area (Å²) in [6.07, 6.45) is 3.89. The zero-order chi connectivity index (χ0) is 19.3. The van der Waals surface area contributed by atoms with Crippen LogP contribution in [-0.4, -0.2) is 39.5 Å². The second kappa shape index (κ2) is 8.48. The number of likely N-dealkylation sites (tertiary alicyclic amines) is 1. The lowest BCUT2D eigenvalue weighted by atomic mass is 9.98. The molecule has 0 unspecified atom stereocenters. The Balaban J connectivity index is 1.40. The molecule has 4 rings (SSSR count). The lowest BCUT2D eigenvalue weighted by Gasteiger charge is -2.19. The first-order chi connectivity index (χ1) is 13.7. The van der Waals surface area contributed by atoms with Crippen molar-refractivity contribution in [2.24, 2.45) is 0 Å². The summed E-state index contributed by atoms with van der Waals surface area (Å²) in [7, 11) is 0. The number of benzene rings is 1. The Kier molecular flexibility index (Phi) is 5.63. The van der Waals surface area contributed by atoms with Crippen molar-refractivity contribution in [1.29, 1.82) is 0 Å². The van der Waals surface area contributed by atoms with Crippen LogP contribution in [0.2, 0.25) is 0 Å². The van der Waals surface area contributed by atoms with E-state index in [0.29, 0.717) is 23.4 Å². The first-order valence-electron chi connectivity index (χ1n) is 9.99. The molecule has 1 saturated heterocycles. The third kappa shape index (κ3) is 4.37. The summed E-state index contributed by atoms with van der Waals surface area (Å²) in [5, 5.41) is 0. The van der Waals surface area contributed by atoms with Crippen molar-refractivity contribution < 1.29 is 0 Å². The van der Waals surface area contributed by atoms with Gasteiger partial charge in [0.25, 0.3) is 5.56 Å². The van der Waals surface area contributed by atoms with Gasteiger partial charge < -0.3 is 9.88 Å². The van der Waals surface area contributed by atoms with Gasteiger partial charge in [-0.1, -0.05) is 43.3 Å². The topological polar surface area (TPSA) is 61.9 Å². The number of aromatic amines is 1. The minimum Gasteiger partial charge on any atom is -0.305 e.